The summed E-state index contributed by atoms with van der Waals surface area (Å²) in [5.74, 6) is 0.861. The van der Waals surface area contributed by atoms with Gasteiger partial charge in [0.2, 0.25) is 10.0 Å². The minimum absolute atomic E-state index is 0.0618. The van der Waals surface area contributed by atoms with Crippen LogP contribution in [0.2, 0.25) is 0 Å². The van der Waals surface area contributed by atoms with Crippen LogP contribution in [0.1, 0.15) is 64.1 Å². The molecule has 1 saturated heterocycles. The molecule has 2 fully saturated rings. The fourth-order valence-corrected chi connectivity index (χ4v) is 7.77. The Bertz CT molecular complexity index is 1480. The van der Waals surface area contributed by atoms with Crippen molar-refractivity contribution in [1.29, 1.82) is 0 Å². The van der Waals surface area contributed by atoms with Crippen molar-refractivity contribution in [2.45, 2.75) is 76.2 Å². The van der Waals surface area contributed by atoms with E-state index < -0.39 is 10.0 Å². The van der Waals surface area contributed by atoms with Gasteiger partial charge < -0.3 is 19.2 Å². The number of hydrogen-bond acceptors (Lipinski definition) is 7. The maximum atomic E-state index is 13.8. The quantitative estimate of drug-likeness (QED) is 0.349. The fraction of sp³-hybridized carbons (Fsp3) is 0.469. The van der Waals surface area contributed by atoms with Crippen LogP contribution in [0.3, 0.4) is 0 Å². The summed E-state index contributed by atoms with van der Waals surface area (Å²) in [5.41, 5.74) is 3.88. The molecule has 2 aromatic carbocycles. The molecule has 1 saturated carbocycles. The number of benzene rings is 2. The number of piperidine rings is 1. The third kappa shape index (κ3) is 6.89. The largest absolute Gasteiger partial charge is 0.497 e. The van der Waals surface area contributed by atoms with E-state index in [-0.39, 0.29) is 24.6 Å². The second kappa shape index (κ2) is 12.6. The summed E-state index contributed by atoms with van der Waals surface area (Å²) in [7, 11) is -0.487. The zero-order valence-corrected chi connectivity index (χ0v) is 25.7. The Balaban J connectivity index is 1.22. The third-order valence-corrected chi connectivity index (χ3v) is 10.4. The zero-order valence-electron chi connectivity index (χ0n) is 24.9. The van der Waals surface area contributed by atoms with Crippen LogP contribution in [0, 0.1) is 13.8 Å². The fourth-order valence-electron chi connectivity index (χ4n) is 5.71. The lowest BCUT2D eigenvalue weighted by molar-refractivity contribution is 0.0781. The van der Waals surface area contributed by atoms with Gasteiger partial charge in [-0.3, -0.25) is 9.69 Å². The molecule has 0 bridgehead atoms. The van der Waals surface area contributed by atoms with E-state index in [9.17, 15) is 18.3 Å². The summed E-state index contributed by atoms with van der Waals surface area (Å²) in [6.45, 7) is 6.71. The summed E-state index contributed by atoms with van der Waals surface area (Å²) < 4.78 is 40.2. The molecule has 9 nitrogen and oxygen atoms in total. The number of likely N-dealkylation sites (tertiary alicyclic amines) is 1. The molecule has 1 N–H and O–H groups in total. The van der Waals surface area contributed by atoms with Crippen molar-refractivity contribution in [2.75, 3.05) is 27.2 Å². The summed E-state index contributed by atoms with van der Waals surface area (Å²) in [6.07, 6.45) is 4.45. The first-order chi connectivity index (χ1) is 20.0. The normalized spacial score (nSPS) is 16.6. The van der Waals surface area contributed by atoms with Gasteiger partial charge in [0.05, 0.1) is 30.2 Å². The van der Waals surface area contributed by atoms with E-state index in [0.717, 1.165) is 50.9 Å². The molecule has 1 aliphatic carbocycles. The van der Waals surface area contributed by atoms with E-state index in [2.05, 4.69) is 17.0 Å². The predicted octanol–water partition coefficient (Wildman–Crippen LogP) is 4.49. The van der Waals surface area contributed by atoms with Crippen molar-refractivity contribution in [1.82, 2.24) is 14.1 Å². The minimum Gasteiger partial charge on any atom is -0.497 e. The Morgan fingerprint density at radius 1 is 1.00 bits per heavy atom. The molecule has 3 aromatic rings. The van der Waals surface area contributed by atoms with E-state index in [1.54, 1.807) is 51.1 Å². The van der Waals surface area contributed by atoms with Crippen molar-refractivity contribution >= 4 is 15.9 Å². The zero-order chi connectivity index (χ0) is 30.0. The van der Waals surface area contributed by atoms with Crippen LogP contribution in [0.4, 0.5) is 0 Å². The number of ether oxygens (including phenoxy) is 1. The number of methoxy groups -OCH3 is 1. The molecule has 2 heterocycles. The number of aliphatic hydroxyl groups excluding tert-OH is 1. The number of amides is 1. The van der Waals surface area contributed by atoms with Gasteiger partial charge in [0, 0.05) is 39.3 Å². The lowest BCUT2D eigenvalue weighted by Crippen LogP contribution is -2.35. The first-order valence-corrected chi connectivity index (χ1v) is 16.0. The lowest BCUT2D eigenvalue weighted by Gasteiger charge is -2.29. The highest BCUT2D eigenvalue weighted by Gasteiger charge is 2.40. The highest BCUT2D eigenvalue weighted by molar-refractivity contribution is 7.89. The molecule has 1 aromatic heterocycles. The van der Waals surface area contributed by atoms with Crippen LogP contribution < -0.4 is 4.74 Å². The van der Waals surface area contributed by atoms with E-state index in [1.165, 1.54) is 16.1 Å². The van der Waals surface area contributed by atoms with Gasteiger partial charge in [-0.1, -0.05) is 24.3 Å². The van der Waals surface area contributed by atoms with E-state index in [0.29, 0.717) is 39.6 Å². The van der Waals surface area contributed by atoms with Gasteiger partial charge in [-0.05, 0) is 80.0 Å². The summed E-state index contributed by atoms with van der Waals surface area (Å²) in [6, 6.07) is 13.3. The second-order valence-electron chi connectivity index (χ2n) is 11.7. The molecular formula is C32H41N3O6S. The first kappa shape index (κ1) is 30.3. The van der Waals surface area contributed by atoms with Crippen LogP contribution in [0.15, 0.2) is 58.0 Å². The van der Waals surface area contributed by atoms with Crippen molar-refractivity contribution in [2.24, 2.45) is 0 Å². The second-order valence-corrected chi connectivity index (χ2v) is 13.5. The number of furan rings is 1. The van der Waals surface area contributed by atoms with Gasteiger partial charge in [-0.25, -0.2) is 8.42 Å². The van der Waals surface area contributed by atoms with Crippen molar-refractivity contribution < 1.29 is 27.5 Å². The minimum atomic E-state index is -3.80. The summed E-state index contributed by atoms with van der Waals surface area (Å²) >= 11 is 0. The molecule has 226 valence electrons. The number of rotatable bonds is 11. The van der Waals surface area contributed by atoms with E-state index in [4.69, 9.17) is 9.15 Å². The first-order valence-electron chi connectivity index (χ1n) is 14.5. The maximum Gasteiger partial charge on any atom is 0.257 e. The van der Waals surface area contributed by atoms with Crippen molar-refractivity contribution in [3.8, 4) is 5.75 Å². The molecule has 0 radical (unpaired) electrons. The number of sulfonamides is 1. The van der Waals surface area contributed by atoms with Gasteiger partial charge in [-0.15, -0.1) is 0 Å². The van der Waals surface area contributed by atoms with Crippen molar-refractivity contribution in [3.63, 3.8) is 0 Å². The molecule has 5 rings (SSSR count). The molecule has 42 heavy (non-hydrogen) atoms. The topological polar surface area (TPSA) is 104 Å². The molecule has 0 atom stereocenters. The van der Waals surface area contributed by atoms with Gasteiger partial charge in [0.25, 0.3) is 5.91 Å². The van der Waals surface area contributed by atoms with Crippen LogP contribution in [-0.2, 0) is 29.7 Å². The van der Waals surface area contributed by atoms with E-state index in [1.807, 2.05) is 12.1 Å². The molecular weight excluding hydrogens is 554 g/mol. The van der Waals surface area contributed by atoms with E-state index >= 15 is 0 Å². The molecule has 0 unspecified atom stereocenters. The average Bonchev–Trinajstić information content (AvgIpc) is 3.69. The Morgan fingerprint density at radius 2 is 1.62 bits per heavy atom. The predicted molar refractivity (Wildman–Crippen MR) is 160 cm³/mol. The van der Waals surface area contributed by atoms with Crippen LogP contribution in [0.25, 0.3) is 0 Å². The van der Waals surface area contributed by atoms with Crippen LogP contribution in [0.5, 0.6) is 5.75 Å². The number of aliphatic hydroxyl groups is 1. The number of hydrogen-bond donors (Lipinski definition) is 1. The Morgan fingerprint density at radius 3 is 2.21 bits per heavy atom. The number of carbonyl (C=O) groups is 1. The molecule has 2 aliphatic rings. The molecule has 1 aliphatic heterocycles. The highest BCUT2D eigenvalue weighted by atomic mass is 32.2. The van der Waals surface area contributed by atoms with Crippen LogP contribution in [-0.4, -0.2) is 72.9 Å². The Hall–Kier alpha value is -3.18. The van der Waals surface area contributed by atoms with Gasteiger partial charge in [0.15, 0.2) is 0 Å². The van der Waals surface area contributed by atoms with Crippen molar-refractivity contribution in [3.05, 3.63) is 82.3 Å². The monoisotopic (exact) mass is 595 g/mol. The van der Waals surface area contributed by atoms with Gasteiger partial charge >= 0.3 is 0 Å². The Kier molecular flexibility index (Phi) is 9.08. The average molecular weight is 596 g/mol. The van der Waals surface area contributed by atoms with Gasteiger partial charge in [0.1, 0.15) is 17.8 Å². The highest BCUT2D eigenvalue weighted by Crippen LogP contribution is 2.37. The molecule has 1 amide bonds. The summed E-state index contributed by atoms with van der Waals surface area (Å²) in [5, 5.41) is 9.72. The smallest absolute Gasteiger partial charge is 0.257 e. The maximum absolute atomic E-state index is 13.8. The lowest BCUT2D eigenvalue weighted by atomic mass is 10.1. The SMILES string of the molecule is COc1cc(C)c(S(=O)(=O)N(Cc2cc(C(=O)N(C)Cc3ccc(CN4CCC(O)CC4)cc3)co2)C2CC2)c(C)c1. The third-order valence-electron chi connectivity index (χ3n) is 8.16. The standard InChI is InChI=1S/C32H41N3O6S/c1-22-15-29(40-4)16-23(2)31(22)42(38,39)35(27-9-10-27)20-30-17-26(21-41-30)32(37)33(3)18-24-5-7-25(8-6-24)19-34-13-11-28(36)12-14-34/h5-8,15-17,21,27-28,36H,9-14,18-20H2,1-4H3. The molecule has 10 heteroatoms. The number of nitrogens with zero attached hydrogens (tertiary/aromatic N) is 3. The number of carbonyl (C=O) groups excluding carboxylic acids is 1. The van der Waals surface area contributed by atoms with Crippen LogP contribution >= 0.6 is 0 Å². The molecule has 0 spiro atoms. The number of aryl methyl sites for hydroxylation is 2. The van der Waals surface area contributed by atoms with Gasteiger partial charge in [-0.2, -0.15) is 4.31 Å². The summed E-state index contributed by atoms with van der Waals surface area (Å²) in [4.78, 5) is 17.5. The Labute approximate surface area is 248 Å².